The van der Waals surface area contributed by atoms with Gasteiger partial charge < -0.3 is 14.8 Å². The summed E-state index contributed by atoms with van der Waals surface area (Å²) in [5.74, 6) is 2.56. The van der Waals surface area contributed by atoms with Crippen LogP contribution < -0.4 is 10.1 Å². The second-order valence-electron chi connectivity index (χ2n) is 5.65. The maximum absolute atomic E-state index is 5.63. The minimum atomic E-state index is 0.278. The molecular formula is C16H29N3O2. The van der Waals surface area contributed by atoms with Crippen LogP contribution in [0.1, 0.15) is 59.2 Å². The van der Waals surface area contributed by atoms with Crippen LogP contribution >= 0.6 is 0 Å². The SMILES string of the molecule is CCCOc1cc(NCCCOC(C)C)nc(C(C)C)n1. The van der Waals surface area contributed by atoms with E-state index in [9.17, 15) is 0 Å². The molecule has 1 N–H and O–H groups in total. The maximum atomic E-state index is 5.63. The lowest BCUT2D eigenvalue weighted by Crippen LogP contribution is -2.11. The Kier molecular flexibility index (Phi) is 8.05. The van der Waals surface area contributed by atoms with Crippen molar-refractivity contribution in [3.63, 3.8) is 0 Å². The first-order valence-corrected chi connectivity index (χ1v) is 7.90. The number of anilines is 1. The van der Waals surface area contributed by atoms with E-state index in [1.807, 2.05) is 19.9 Å². The summed E-state index contributed by atoms with van der Waals surface area (Å²) in [7, 11) is 0. The van der Waals surface area contributed by atoms with Gasteiger partial charge in [-0.05, 0) is 26.7 Å². The van der Waals surface area contributed by atoms with E-state index >= 15 is 0 Å². The van der Waals surface area contributed by atoms with Crippen LogP contribution in [0.3, 0.4) is 0 Å². The van der Waals surface area contributed by atoms with Crippen molar-refractivity contribution >= 4 is 5.82 Å². The lowest BCUT2D eigenvalue weighted by atomic mass is 10.2. The Balaban J connectivity index is 2.56. The van der Waals surface area contributed by atoms with Gasteiger partial charge in [-0.3, -0.25) is 0 Å². The molecule has 1 aromatic rings. The Labute approximate surface area is 128 Å². The second kappa shape index (κ2) is 9.55. The third-order valence-electron chi connectivity index (χ3n) is 2.77. The van der Waals surface area contributed by atoms with Gasteiger partial charge >= 0.3 is 0 Å². The molecule has 5 heteroatoms. The number of aromatic nitrogens is 2. The highest BCUT2D eigenvalue weighted by Crippen LogP contribution is 2.18. The molecule has 0 saturated heterocycles. The van der Waals surface area contributed by atoms with Gasteiger partial charge in [0.2, 0.25) is 5.88 Å². The number of nitrogens with one attached hydrogen (secondary N) is 1. The van der Waals surface area contributed by atoms with E-state index in [4.69, 9.17) is 9.47 Å². The predicted molar refractivity (Wildman–Crippen MR) is 86.1 cm³/mol. The van der Waals surface area contributed by atoms with Crippen LogP contribution in [0.15, 0.2) is 6.07 Å². The molecule has 0 aromatic carbocycles. The molecule has 0 radical (unpaired) electrons. The first kappa shape index (κ1) is 17.7. The molecule has 1 aromatic heterocycles. The van der Waals surface area contributed by atoms with Crippen LogP contribution in [0, 0.1) is 0 Å². The Bertz CT molecular complexity index is 409. The lowest BCUT2D eigenvalue weighted by Gasteiger charge is -2.12. The number of hydrogen-bond donors (Lipinski definition) is 1. The average molecular weight is 295 g/mol. The topological polar surface area (TPSA) is 56.3 Å². The van der Waals surface area contributed by atoms with Crippen LogP contribution in [-0.4, -0.2) is 35.8 Å². The zero-order valence-corrected chi connectivity index (χ0v) is 14.0. The number of nitrogens with zero attached hydrogens (tertiary/aromatic N) is 2. The standard InChI is InChI=1S/C16H29N3O2/c1-6-9-21-15-11-14(18-16(19-15)12(2)3)17-8-7-10-20-13(4)5/h11-13H,6-10H2,1-5H3,(H,17,18,19). The summed E-state index contributed by atoms with van der Waals surface area (Å²) in [5.41, 5.74) is 0. The maximum Gasteiger partial charge on any atom is 0.218 e. The molecular weight excluding hydrogens is 266 g/mol. The van der Waals surface area contributed by atoms with Crippen molar-refractivity contribution in [2.24, 2.45) is 0 Å². The van der Waals surface area contributed by atoms with Crippen molar-refractivity contribution < 1.29 is 9.47 Å². The quantitative estimate of drug-likeness (QED) is 0.668. The van der Waals surface area contributed by atoms with Gasteiger partial charge in [0, 0.05) is 25.1 Å². The van der Waals surface area contributed by atoms with Gasteiger partial charge in [0.05, 0.1) is 12.7 Å². The van der Waals surface area contributed by atoms with E-state index in [0.717, 1.165) is 37.6 Å². The molecule has 1 rings (SSSR count). The number of ether oxygens (including phenoxy) is 2. The summed E-state index contributed by atoms with van der Waals surface area (Å²) in [6.07, 6.45) is 2.20. The molecule has 21 heavy (non-hydrogen) atoms. The van der Waals surface area contributed by atoms with E-state index in [-0.39, 0.29) is 12.0 Å². The van der Waals surface area contributed by atoms with Crippen molar-refractivity contribution in [3.05, 3.63) is 11.9 Å². The smallest absolute Gasteiger partial charge is 0.218 e. The molecule has 120 valence electrons. The highest BCUT2D eigenvalue weighted by atomic mass is 16.5. The monoisotopic (exact) mass is 295 g/mol. The van der Waals surface area contributed by atoms with Crippen LogP contribution in [0.4, 0.5) is 5.82 Å². The molecule has 0 atom stereocenters. The van der Waals surface area contributed by atoms with E-state index in [1.165, 1.54) is 0 Å². The van der Waals surface area contributed by atoms with Crippen molar-refractivity contribution in [2.75, 3.05) is 25.1 Å². The van der Waals surface area contributed by atoms with Crippen molar-refractivity contribution in [1.29, 1.82) is 0 Å². The predicted octanol–water partition coefficient (Wildman–Crippen LogP) is 3.62. The minimum Gasteiger partial charge on any atom is -0.478 e. The summed E-state index contributed by atoms with van der Waals surface area (Å²) >= 11 is 0. The third kappa shape index (κ3) is 7.27. The molecule has 5 nitrogen and oxygen atoms in total. The number of rotatable bonds is 10. The fourth-order valence-electron chi connectivity index (χ4n) is 1.68. The summed E-state index contributed by atoms with van der Waals surface area (Å²) in [6, 6.07) is 1.87. The van der Waals surface area contributed by atoms with Gasteiger partial charge in [-0.25, -0.2) is 4.98 Å². The molecule has 0 spiro atoms. The fourth-order valence-corrected chi connectivity index (χ4v) is 1.68. The molecule has 0 aliphatic heterocycles. The van der Waals surface area contributed by atoms with Gasteiger partial charge in [-0.1, -0.05) is 20.8 Å². The van der Waals surface area contributed by atoms with Crippen molar-refractivity contribution in [1.82, 2.24) is 9.97 Å². The molecule has 0 aliphatic rings. The summed E-state index contributed by atoms with van der Waals surface area (Å²) in [5, 5.41) is 3.32. The largest absolute Gasteiger partial charge is 0.478 e. The minimum absolute atomic E-state index is 0.278. The second-order valence-corrected chi connectivity index (χ2v) is 5.65. The zero-order valence-electron chi connectivity index (χ0n) is 14.0. The highest BCUT2D eigenvalue weighted by Gasteiger charge is 2.08. The summed E-state index contributed by atoms with van der Waals surface area (Å²) in [6.45, 7) is 12.6. The fraction of sp³-hybridized carbons (Fsp3) is 0.750. The van der Waals surface area contributed by atoms with Crippen LogP contribution in [-0.2, 0) is 4.74 Å². The van der Waals surface area contributed by atoms with Gasteiger partial charge in [0.1, 0.15) is 11.6 Å². The average Bonchev–Trinajstić information content (AvgIpc) is 2.44. The first-order chi connectivity index (χ1) is 10.0. The van der Waals surface area contributed by atoms with Gasteiger partial charge in [0.15, 0.2) is 0 Å². The zero-order chi connectivity index (χ0) is 15.7. The van der Waals surface area contributed by atoms with Crippen LogP contribution in [0.5, 0.6) is 5.88 Å². The van der Waals surface area contributed by atoms with E-state index in [2.05, 4.69) is 36.1 Å². The van der Waals surface area contributed by atoms with E-state index < -0.39 is 0 Å². The van der Waals surface area contributed by atoms with Crippen LogP contribution in [0.25, 0.3) is 0 Å². The Morgan fingerprint density at radius 1 is 1.14 bits per heavy atom. The normalized spacial score (nSPS) is 11.2. The Hall–Kier alpha value is -1.36. The molecule has 0 fully saturated rings. The van der Waals surface area contributed by atoms with E-state index in [1.54, 1.807) is 0 Å². The molecule has 0 aliphatic carbocycles. The molecule has 0 bridgehead atoms. The van der Waals surface area contributed by atoms with Gasteiger partial charge in [0.25, 0.3) is 0 Å². The molecule has 0 amide bonds. The van der Waals surface area contributed by atoms with Gasteiger partial charge in [-0.2, -0.15) is 4.98 Å². The Morgan fingerprint density at radius 3 is 2.52 bits per heavy atom. The number of hydrogen-bond acceptors (Lipinski definition) is 5. The van der Waals surface area contributed by atoms with Crippen molar-refractivity contribution in [2.45, 2.75) is 59.5 Å². The molecule has 0 saturated carbocycles. The Morgan fingerprint density at radius 2 is 1.90 bits per heavy atom. The van der Waals surface area contributed by atoms with Gasteiger partial charge in [-0.15, -0.1) is 0 Å². The third-order valence-corrected chi connectivity index (χ3v) is 2.77. The van der Waals surface area contributed by atoms with E-state index in [0.29, 0.717) is 12.5 Å². The summed E-state index contributed by atoms with van der Waals surface area (Å²) in [4.78, 5) is 8.97. The lowest BCUT2D eigenvalue weighted by molar-refractivity contribution is 0.0787. The van der Waals surface area contributed by atoms with Crippen LogP contribution in [0.2, 0.25) is 0 Å². The molecule has 1 heterocycles. The highest BCUT2D eigenvalue weighted by molar-refractivity contribution is 5.38. The first-order valence-electron chi connectivity index (χ1n) is 7.90. The van der Waals surface area contributed by atoms with Crippen molar-refractivity contribution in [3.8, 4) is 5.88 Å². The molecule has 0 unspecified atom stereocenters. The summed E-state index contributed by atoms with van der Waals surface area (Å²) < 4.78 is 11.2.